The fraction of sp³-hybridized carbons (Fsp3) is 0.333. The third-order valence-corrected chi connectivity index (χ3v) is 1.79. The van der Waals surface area contributed by atoms with E-state index < -0.39 is 13.7 Å². The van der Waals surface area contributed by atoms with Crippen LogP contribution in [0, 0.1) is 24.7 Å². The van der Waals surface area contributed by atoms with Crippen LogP contribution in [-0.4, -0.2) is 10.6 Å². The Labute approximate surface area is 55.1 Å². The number of rotatable bonds is 2. The maximum atomic E-state index is 10.3. The molecule has 0 bridgehead atoms. The van der Waals surface area contributed by atoms with Gasteiger partial charge in [0.05, 0.1) is 0 Å². The summed E-state index contributed by atoms with van der Waals surface area (Å²) in [5.74, 6) is 4.37. The first-order valence-corrected chi connectivity index (χ1v) is 3.78. The van der Waals surface area contributed by atoms with Crippen LogP contribution in [0.2, 0.25) is 0 Å². The van der Waals surface area contributed by atoms with Crippen LogP contribution < -0.4 is 0 Å². The average molecular weight is 142 g/mol. The zero-order chi connectivity index (χ0) is 7.28. The zero-order valence-electron chi connectivity index (χ0n) is 4.79. The van der Waals surface area contributed by atoms with Crippen molar-refractivity contribution in [1.82, 2.24) is 0 Å². The molecule has 0 fully saturated rings. The quantitative estimate of drug-likeness (QED) is 0.449. The fourth-order valence-corrected chi connectivity index (χ4v) is 0.770. The number of hydrogen-bond acceptors (Lipinski definition) is 1. The van der Waals surface area contributed by atoms with E-state index >= 15 is 0 Å². The first kappa shape index (κ1) is 8.31. The van der Waals surface area contributed by atoms with Gasteiger partial charge in [0.2, 0.25) is 8.03 Å². The van der Waals surface area contributed by atoms with Gasteiger partial charge < -0.3 is 4.89 Å². The lowest BCUT2D eigenvalue weighted by Gasteiger charge is -1.97. The summed E-state index contributed by atoms with van der Waals surface area (Å²) in [6.07, 6.45) is 9.93. The molecule has 1 N–H and O–H groups in total. The summed E-state index contributed by atoms with van der Waals surface area (Å²) in [7, 11) is -2.62. The maximum absolute atomic E-state index is 10.3. The van der Waals surface area contributed by atoms with Gasteiger partial charge in [0, 0.05) is 6.42 Å². The monoisotopic (exact) mass is 142 g/mol. The molecule has 0 aromatic heterocycles. The Bertz CT molecular complexity index is 184. The molecule has 0 aromatic carbocycles. The first-order valence-electron chi connectivity index (χ1n) is 2.34. The summed E-state index contributed by atoms with van der Waals surface area (Å²) in [6.45, 7) is 0. The first-order chi connectivity index (χ1) is 4.22. The number of hydrogen-bond donors (Lipinski definition) is 1. The molecule has 0 aromatic rings. The molecule has 0 amide bonds. The number of terminal acetylenes is 2. The lowest BCUT2D eigenvalue weighted by atomic mass is 10.3. The van der Waals surface area contributed by atoms with E-state index in [-0.39, 0.29) is 6.42 Å². The van der Waals surface area contributed by atoms with Crippen molar-refractivity contribution in [1.29, 1.82) is 0 Å². The lowest BCUT2D eigenvalue weighted by Crippen LogP contribution is -1.94. The van der Waals surface area contributed by atoms with Crippen LogP contribution in [-0.2, 0) is 4.57 Å². The topological polar surface area (TPSA) is 37.3 Å². The van der Waals surface area contributed by atoms with E-state index in [9.17, 15) is 4.57 Å². The van der Waals surface area contributed by atoms with Gasteiger partial charge in [-0.05, 0) is 0 Å². The third-order valence-electron chi connectivity index (χ3n) is 0.821. The minimum absolute atomic E-state index is 0.185. The molecule has 0 heterocycles. The van der Waals surface area contributed by atoms with Gasteiger partial charge in [-0.15, -0.1) is 18.8 Å². The maximum Gasteiger partial charge on any atom is 0.204 e. The van der Waals surface area contributed by atoms with E-state index in [1.807, 2.05) is 0 Å². The van der Waals surface area contributed by atoms with Gasteiger partial charge in [0.1, 0.15) is 5.66 Å². The molecule has 2 unspecified atom stereocenters. The molecule has 0 spiro atoms. The molecule has 0 aliphatic rings. The average Bonchev–Trinajstić information content (AvgIpc) is 1.82. The van der Waals surface area contributed by atoms with Crippen LogP contribution in [0.3, 0.4) is 0 Å². The van der Waals surface area contributed by atoms with Crippen molar-refractivity contribution >= 4 is 8.03 Å². The molecule has 0 aliphatic heterocycles. The third kappa shape index (κ3) is 2.98. The Morgan fingerprint density at radius 2 is 2.22 bits per heavy atom. The largest absolute Gasteiger partial charge is 0.345 e. The van der Waals surface area contributed by atoms with E-state index in [0.717, 1.165) is 0 Å². The molecule has 3 heteroatoms. The highest BCUT2D eigenvalue weighted by molar-refractivity contribution is 7.39. The molecule has 0 saturated heterocycles. The highest BCUT2D eigenvalue weighted by Gasteiger charge is 2.07. The van der Waals surface area contributed by atoms with Crippen molar-refractivity contribution in [2.45, 2.75) is 12.1 Å². The van der Waals surface area contributed by atoms with Crippen LogP contribution >= 0.6 is 8.03 Å². The molecule has 0 saturated carbocycles. The van der Waals surface area contributed by atoms with Gasteiger partial charge in [-0.25, -0.2) is 0 Å². The predicted octanol–water partition coefficient (Wildman–Crippen LogP) is 0.478. The van der Waals surface area contributed by atoms with Crippen molar-refractivity contribution in [2.75, 3.05) is 0 Å². The van der Waals surface area contributed by atoms with Gasteiger partial charge in [0.15, 0.2) is 0 Å². The van der Waals surface area contributed by atoms with Crippen molar-refractivity contribution in [3.8, 4) is 24.7 Å². The van der Waals surface area contributed by atoms with Crippen LogP contribution in [0.1, 0.15) is 6.42 Å². The Morgan fingerprint density at radius 3 is 2.33 bits per heavy atom. The molecular formula is C6H7O2P. The van der Waals surface area contributed by atoms with Crippen LogP contribution in [0.5, 0.6) is 0 Å². The summed E-state index contributed by atoms with van der Waals surface area (Å²) in [5.41, 5.74) is -0.639. The molecular weight excluding hydrogens is 135 g/mol. The zero-order valence-corrected chi connectivity index (χ0v) is 5.79. The second-order valence-corrected chi connectivity index (χ2v) is 2.84. The van der Waals surface area contributed by atoms with Gasteiger partial charge in [-0.1, -0.05) is 5.92 Å². The second kappa shape index (κ2) is 4.21. The van der Waals surface area contributed by atoms with Gasteiger partial charge in [0.25, 0.3) is 0 Å². The Kier molecular flexibility index (Phi) is 3.89. The van der Waals surface area contributed by atoms with Crippen molar-refractivity contribution in [2.24, 2.45) is 0 Å². The van der Waals surface area contributed by atoms with Crippen molar-refractivity contribution in [3.63, 3.8) is 0 Å². The van der Waals surface area contributed by atoms with Crippen molar-refractivity contribution < 1.29 is 9.46 Å². The molecule has 0 rings (SSSR count). The molecule has 0 radical (unpaired) electrons. The summed E-state index contributed by atoms with van der Waals surface area (Å²) >= 11 is 0. The van der Waals surface area contributed by atoms with Gasteiger partial charge in [-0.3, -0.25) is 4.57 Å². The standard InChI is InChI=1S/C6H7O2P/c1-3-5-6(4-2)9(7)8/h1-2,6,9H,5H2,(H,7,8). The Hall–Kier alpha value is -0.690. The predicted molar refractivity (Wildman–Crippen MR) is 37.3 cm³/mol. The summed E-state index contributed by atoms with van der Waals surface area (Å²) in [6, 6.07) is 0. The summed E-state index contributed by atoms with van der Waals surface area (Å²) < 4.78 is 10.3. The minimum Gasteiger partial charge on any atom is -0.345 e. The van der Waals surface area contributed by atoms with E-state index in [1.165, 1.54) is 0 Å². The molecule has 2 nitrogen and oxygen atoms in total. The minimum atomic E-state index is -2.62. The van der Waals surface area contributed by atoms with Gasteiger partial charge >= 0.3 is 0 Å². The highest BCUT2D eigenvalue weighted by Crippen LogP contribution is 2.23. The lowest BCUT2D eigenvalue weighted by molar-refractivity contribution is 0.497. The van der Waals surface area contributed by atoms with E-state index in [2.05, 4.69) is 11.8 Å². The molecule has 0 aliphatic carbocycles. The molecule has 48 valence electrons. The van der Waals surface area contributed by atoms with E-state index in [4.69, 9.17) is 17.7 Å². The highest BCUT2D eigenvalue weighted by atomic mass is 31.1. The molecule has 2 atom stereocenters. The van der Waals surface area contributed by atoms with Crippen LogP contribution in [0.15, 0.2) is 0 Å². The second-order valence-electron chi connectivity index (χ2n) is 1.47. The normalized spacial score (nSPS) is 15.0. The van der Waals surface area contributed by atoms with Crippen LogP contribution in [0.4, 0.5) is 0 Å². The smallest absolute Gasteiger partial charge is 0.204 e. The summed E-state index contributed by atoms with van der Waals surface area (Å²) in [5, 5.41) is 0. The Morgan fingerprint density at radius 1 is 1.67 bits per heavy atom. The molecule has 9 heavy (non-hydrogen) atoms. The van der Waals surface area contributed by atoms with Crippen molar-refractivity contribution in [3.05, 3.63) is 0 Å². The fourth-order valence-electron chi connectivity index (χ4n) is 0.335. The summed E-state index contributed by atoms with van der Waals surface area (Å²) in [4.78, 5) is 8.45. The SMILES string of the molecule is C#CCC(C#C)[PH](=O)O. The Balaban J connectivity index is 3.91. The van der Waals surface area contributed by atoms with E-state index in [0.29, 0.717) is 0 Å². The van der Waals surface area contributed by atoms with E-state index in [1.54, 1.807) is 0 Å². The van der Waals surface area contributed by atoms with Crippen LogP contribution in [0.25, 0.3) is 0 Å². The van der Waals surface area contributed by atoms with Gasteiger partial charge in [-0.2, -0.15) is 0 Å².